The number of hydrogen-bond acceptors (Lipinski definition) is 7. The third-order valence-corrected chi connectivity index (χ3v) is 7.24. The number of methoxy groups -OCH3 is 1. The summed E-state index contributed by atoms with van der Waals surface area (Å²) in [5.74, 6) is 0.639. The zero-order chi connectivity index (χ0) is 25.6. The van der Waals surface area contributed by atoms with E-state index in [1.807, 2.05) is 0 Å². The van der Waals surface area contributed by atoms with Crippen LogP contribution in [0.25, 0.3) is 0 Å². The number of nitrogens with one attached hydrogen (secondary N) is 2. The maximum Gasteiger partial charge on any atom is 0.264 e. The van der Waals surface area contributed by atoms with Gasteiger partial charge in [-0.05, 0) is 71.4 Å². The van der Waals surface area contributed by atoms with Gasteiger partial charge in [0.25, 0.3) is 15.9 Å². The number of furan rings is 1. The summed E-state index contributed by atoms with van der Waals surface area (Å²) >= 11 is 3.32. The predicted octanol–water partition coefficient (Wildman–Crippen LogP) is 3.66. The molecule has 3 aromatic rings. The molecule has 0 aliphatic carbocycles. The van der Waals surface area contributed by atoms with Crippen LogP contribution in [-0.4, -0.2) is 40.1 Å². The van der Waals surface area contributed by atoms with Crippen LogP contribution in [0.2, 0.25) is 0 Å². The number of sulfonamides is 1. The molecular weight excluding hydrogens is 540 g/mol. The second-order valence-electron chi connectivity index (χ2n) is 7.26. The second-order valence-corrected chi connectivity index (χ2v) is 9.98. The summed E-state index contributed by atoms with van der Waals surface area (Å²) in [4.78, 5) is 23.8. The topological polar surface area (TPSA) is 130 Å². The van der Waals surface area contributed by atoms with Gasteiger partial charge in [0.05, 0.1) is 28.4 Å². The lowest BCUT2D eigenvalue weighted by Crippen LogP contribution is -2.39. The van der Waals surface area contributed by atoms with E-state index in [4.69, 9.17) is 9.15 Å². The Labute approximate surface area is 211 Å². The fourth-order valence-electron chi connectivity index (χ4n) is 2.98. The number of anilines is 2. The van der Waals surface area contributed by atoms with Crippen molar-refractivity contribution in [2.75, 3.05) is 23.3 Å². The SMILES string of the molecule is COc1ccc(N(CC(=O)NN=Cc2cc(Br)c(C)o2)S(=O)(=O)c2ccc(NC(C)=O)cc2)cc1. The normalized spacial score (nSPS) is 11.3. The van der Waals surface area contributed by atoms with Gasteiger partial charge >= 0.3 is 0 Å². The molecule has 0 saturated heterocycles. The molecule has 3 rings (SSSR count). The molecule has 2 aromatic carbocycles. The van der Waals surface area contributed by atoms with Crippen LogP contribution in [0.15, 0.2) is 73.5 Å². The number of halogens is 1. The fourth-order valence-corrected chi connectivity index (χ4v) is 4.71. The minimum absolute atomic E-state index is 0.0605. The van der Waals surface area contributed by atoms with Crippen LogP contribution < -0.4 is 19.8 Å². The van der Waals surface area contributed by atoms with E-state index in [1.54, 1.807) is 25.1 Å². The highest BCUT2D eigenvalue weighted by atomic mass is 79.9. The molecule has 0 fully saturated rings. The van der Waals surface area contributed by atoms with Crippen molar-refractivity contribution in [3.63, 3.8) is 0 Å². The van der Waals surface area contributed by atoms with Crippen molar-refractivity contribution in [1.29, 1.82) is 0 Å². The van der Waals surface area contributed by atoms with Crippen molar-refractivity contribution in [1.82, 2.24) is 5.43 Å². The Morgan fingerprint density at radius 1 is 1.14 bits per heavy atom. The summed E-state index contributed by atoms with van der Waals surface area (Å²) in [6, 6.07) is 13.6. The van der Waals surface area contributed by atoms with Crippen LogP contribution in [0, 0.1) is 6.92 Å². The first-order valence-corrected chi connectivity index (χ1v) is 12.5. The van der Waals surface area contributed by atoms with E-state index < -0.39 is 22.5 Å². The van der Waals surface area contributed by atoms with E-state index in [0.717, 1.165) is 8.78 Å². The number of aryl methyl sites for hydroxylation is 1. The van der Waals surface area contributed by atoms with Crippen LogP contribution in [0.4, 0.5) is 11.4 Å². The lowest BCUT2D eigenvalue weighted by Gasteiger charge is -2.24. The summed E-state index contributed by atoms with van der Waals surface area (Å²) in [6.07, 6.45) is 1.31. The number of benzene rings is 2. The molecule has 0 atom stereocenters. The molecule has 0 spiro atoms. The molecule has 0 radical (unpaired) electrons. The smallest absolute Gasteiger partial charge is 0.264 e. The Hall–Kier alpha value is -3.64. The van der Waals surface area contributed by atoms with E-state index in [1.165, 1.54) is 56.6 Å². The number of carbonyl (C=O) groups excluding carboxylic acids is 2. The first-order chi connectivity index (χ1) is 16.6. The number of rotatable bonds is 9. The zero-order valence-electron chi connectivity index (χ0n) is 19.1. The van der Waals surface area contributed by atoms with Gasteiger partial charge in [-0.25, -0.2) is 13.8 Å². The maximum atomic E-state index is 13.5. The van der Waals surface area contributed by atoms with Gasteiger partial charge in [-0.3, -0.25) is 13.9 Å². The molecule has 12 heteroatoms. The van der Waals surface area contributed by atoms with Crippen LogP contribution >= 0.6 is 15.9 Å². The van der Waals surface area contributed by atoms with Crippen LogP contribution in [-0.2, 0) is 19.6 Å². The molecule has 184 valence electrons. The van der Waals surface area contributed by atoms with Gasteiger partial charge in [0.2, 0.25) is 5.91 Å². The van der Waals surface area contributed by atoms with Crippen LogP contribution in [0.3, 0.4) is 0 Å². The minimum atomic E-state index is -4.15. The Kier molecular flexibility index (Phi) is 8.30. The van der Waals surface area contributed by atoms with E-state index in [2.05, 4.69) is 31.8 Å². The third kappa shape index (κ3) is 6.70. The third-order valence-electron chi connectivity index (χ3n) is 4.67. The molecule has 10 nitrogen and oxygen atoms in total. The highest BCUT2D eigenvalue weighted by Gasteiger charge is 2.27. The Balaban J connectivity index is 1.85. The van der Waals surface area contributed by atoms with Crippen molar-refractivity contribution in [2.24, 2.45) is 5.10 Å². The molecule has 2 N–H and O–H groups in total. The fraction of sp³-hybridized carbons (Fsp3) is 0.174. The number of hydrazone groups is 1. The standard InChI is InChI=1S/C23H23BrN4O6S/c1-15-22(24)12-20(34-15)13-25-27-23(30)14-28(18-6-8-19(33-3)9-7-18)35(31,32)21-10-4-17(5-11-21)26-16(2)29/h4-13H,14H2,1-3H3,(H,26,29)(H,27,30). The lowest BCUT2D eigenvalue weighted by atomic mass is 10.3. The summed E-state index contributed by atoms with van der Waals surface area (Å²) in [5, 5.41) is 6.42. The molecule has 0 aliphatic rings. The average molecular weight is 563 g/mol. The second kappa shape index (κ2) is 11.2. The first-order valence-electron chi connectivity index (χ1n) is 10.2. The van der Waals surface area contributed by atoms with Crippen LogP contribution in [0.5, 0.6) is 5.75 Å². The predicted molar refractivity (Wildman–Crippen MR) is 135 cm³/mol. The van der Waals surface area contributed by atoms with Crippen molar-refractivity contribution in [2.45, 2.75) is 18.7 Å². The molecule has 0 aliphatic heterocycles. The number of hydrogen-bond donors (Lipinski definition) is 2. The van der Waals surface area contributed by atoms with Gasteiger partial charge in [0, 0.05) is 18.7 Å². The van der Waals surface area contributed by atoms with Gasteiger partial charge in [0.15, 0.2) is 0 Å². The highest BCUT2D eigenvalue weighted by molar-refractivity contribution is 9.10. The van der Waals surface area contributed by atoms with Crippen molar-refractivity contribution in [3.8, 4) is 5.75 Å². The first kappa shape index (κ1) is 26.0. The van der Waals surface area contributed by atoms with Crippen molar-refractivity contribution < 1.29 is 27.2 Å². The summed E-state index contributed by atoms with van der Waals surface area (Å²) in [5.41, 5.74) is 3.01. The van der Waals surface area contributed by atoms with E-state index >= 15 is 0 Å². The lowest BCUT2D eigenvalue weighted by molar-refractivity contribution is -0.119. The maximum absolute atomic E-state index is 13.5. The van der Waals surface area contributed by atoms with E-state index in [0.29, 0.717) is 23.0 Å². The van der Waals surface area contributed by atoms with Crippen molar-refractivity contribution >= 4 is 55.4 Å². The van der Waals surface area contributed by atoms with Gasteiger partial charge in [-0.2, -0.15) is 5.10 Å². The number of ether oxygens (including phenoxy) is 1. The average Bonchev–Trinajstić information content (AvgIpc) is 3.14. The molecule has 0 bridgehead atoms. The van der Waals surface area contributed by atoms with Gasteiger partial charge in [-0.15, -0.1) is 0 Å². The van der Waals surface area contributed by atoms with Gasteiger partial charge in [-0.1, -0.05) is 0 Å². The summed E-state index contributed by atoms with van der Waals surface area (Å²) in [6.45, 7) is 2.57. The summed E-state index contributed by atoms with van der Waals surface area (Å²) in [7, 11) is -2.66. The largest absolute Gasteiger partial charge is 0.497 e. The van der Waals surface area contributed by atoms with Gasteiger partial charge < -0.3 is 14.5 Å². The minimum Gasteiger partial charge on any atom is -0.497 e. The zero-order valence-corrected chi connectivity index (χ0v) is 21.5. The van der Waals surface area contributed by atoms with E-state index in [-0.39, 0.29) is 16.5 Å². The molecule has 0 saturated carbocycles. The molecule has 35 heavy (non-hydrogen) atoms. The highest BCUT2D eigenvalue weighted by Crippen LogP contribution is 2.26. The Bertz CT molecular complexity index is 1320. The number of amides is 2. The summed E-state index contributed by atoms with van der Waals surface area (Å²) < 4.78 is 39.2. The molecule has 1 aromatic heterocycles. The quantitative estimate of drug-likeness (QED) is 0.302. The Morgan fingerprint density at radius 2 is 1.80 bits per heavy atom. The molecule has 2 amide bonds. The van der Waals surface area contributed by atoms with Crippen molar-refractivity contribution in [3.05, 3.63) is 70.6 Å². The van der Waals surface area contributed by atoms with Gasteiger partial charge in [0.1, 0.15) is 23.8 Å². The molecule has 0 unspecified atom stereocenters. The molecular formula is C23H23BrN4O6S. The number of carbonyl (C=O) groups is 2. The molecule has 1 heterocycles. The van der Waals surface area contributed by atoms with Crippen LogP contribution in [0.1, 0.15) is 18.4 Å². The monoisotopic (exact) mass is 562 g/mol. The number of nitrogens with zero attached hydrogens (tertiary/aromatic N) is 2. The van der Waals surface area contributed by atoms with E-state index in [9.17, 15) is 18.0 Å². The Morgan fingerprint density at radius 3 is 2.34 bits per heavy atom.